The Bertz CT molecular complexity index is 726. The molecule has 120 valence electrons. The molecule has 23 heavy (non-hydrogen) atoms. The summed E-state index contributed by atoms with van der Waals surface area (Å²) in [4.78, 5) is 0. The van der Waals surface area contributed by atoms with E-state index in [1.165, 1.54) is 0 Å². The highest BCUT2D eigenvalue weighted by Crippen LogP contribution is 2.34. The lowest BCUT2D eigenvalue weighted by Crippen LogP contribution is -2.25. The number of nitrogens with zero attached hydrogens (tertiary/aromatic N) is 3. The summed E-state index contributed by atoms with van der Waals surface area (Å²) >= 11 is 3.42. The standard InChI is InChI=1S/C17H19BrN4O/c1-11(12-6-8-23-9-7-12)22-17(20)15(10-19)16(21-22)13-2-4-14(18)5-3-13/h2-5,11-12H,6-9,20H2,1H3. The molecule has 1 fully saturated rings. The molecule has 0 aliphatic carbocycles. The van der Waals surface area contributed by atoms with Gasteiger partial charge in [-0.15, -0.1) is 0 Å². The van der Waals surface area contributed by atoms with Crippen molar-refractivity contribution < 1.29 is 4.74 Å². The van der Waals surface area contributed by atoms with E-state index in [9.17, 15) is 5.26 Å². The Labute approximate surface area is 144 Å². The molecule has 0 spiro atoms. The van der Waals surface area contributed by atoms with E-state index in [1.54, 1.807) is 0 Å². The predicted octanol–water partition coefficient (Wildman–Crippen LogP) is 3.75. The molecule has 2 heterocycles. The maximum Gasteiger partial charge on any atom is 0.140 e. The Morgan fingerprint density at radius 2 is 2.00 bits per heavy atom. The fourth-order valence-corrected chi connectivity index (χ4v) is 3.34. The molecule has 1 saturated heterocycles. The number of anilines is 1. The first-order chi connectivity index (χ1) is 11.1. The van der Waals surface area contributed by atoms with Gasteiger partial charge in [-0.2, -0.15) is 10.4 Å². The summed E-state index contributed by atoms with van der Waals surface area (Å²) in [5.41, 5.74) is 8.22. The second kappa shape index (κ2) is 6.73. The molecule has 0 radical (unpaired) electrons. The molecule has 1 aliphatic rings. The quantitative estimate of drug-likeness (QED) is 0.886. The first-order valence-electron chi connectivity index (χ1n) is 7.73. The number of nitrogen functional groups attached to an aromatic ring is 1. The van der Waals surface area contributed by atoms with E-state index in [4.69, 9.17) is 10.5 Å². The van der Waals surface area contributed by atoms with Crippen LogP contribution in [0.25, 0.3) is 11.3 Å². The summed E-state index contributed by atoms with van der Waals surface area (Å²) in [6, 6.07) is 10.1. The second-order valence-corrected chi connectivity index (χ2v) is 6.78. The number of aromatic nitrogens is 2. The van der Waals surface area contributed by atoms with E-state index in [-0.39, 0.29) is 6.04 Å². The van der Waals surface area contributed by atoms with Gasteiger partial charge in [-0.1, -0.05) is 28.1 Å². The molecule has 2 N–H and O–H groups in total. The summed E-state index contributed by atoms with van der Waals surface area (Å²) < 4.78 is 8.23. The van der Waals surface area contributed by atoms with Gasteiger partial charge in [-0.25, -0.2) is 4.68 Å². The normalized spacial score (nSPS) is 16.9. The van der Waals surface area contributed by atoms with Gasteiger partial charge in [-0.3, -0.25) is 0 Å². The Morgan fingerprint density at radius 1 is 1.35 bits per heavy atom. The number of rotatable bonds is 3. The molecule has 1 aliphatic heterocycles. The van der Waals surface area contributed by atoms with Crippen LogP contribution in [0.3, 0.4) is 0 Å². The van der Waals surface area contributed by atoms with Gasteiger partial charge in [-0.05, 0) is 37.8 Å². The molecular formula is C17H19BrN4O. The van der Waals surface area contributed by atoms with Crippen LogP contribution in [0.2, 0.25) is 0 Å². The van der Waals surface area contributed by atoms with E-state index in [1.807, 2.05) is 28.9 Å². The molecule has 0 amide bonds. The van der Waals surface area contributed by atoms with Gasteiger partial charge in [0.05, 0.1) is 6.04 Å². The van der Waals surface area contributed by atoms with Crippen molar-refractivity contribution in [1.82, 2.24) is 9.78 Å². The minimum Gasteiger partial charge on any atom is -0.383 e. The molecular weight excluding hydrogens is 356 g/mol. The molecule has 2 aromatic rings. The van der Waals surface area contributed by atoms with Crippen molar-refractivity contribution >= 4 is 21.7 Å². The topological polar surface area (TPSA) is 76.9 Å². The molecule has 0 saturated carbocycles. The fourth-order valence-electron chi connectivity index (χ4n) is 3.08. The Hall–Kier alpha value is -1.84. The lowest BCUT2D eigenvalue weighted by Gasteiger charge is -2.28. The number of halogens is 1. The Morgan fingerprint density at radius 3 is 2.61 bits per heavy atom. The van der Waals surface area contributed by atoms with Crippen LogP contribution in [0.5, 0.6) is 0 Å². The van der Waals surface area contributed by atoms with Gasteiger partial charge in [0.2, 0.25) is 0 Å². The lowest BCUT2D eigenvalue weighted by molar-refractivity contribution is 0.0499. The third-order valence-corrected chi connectivity index (χ3v) is 5.04. The van der Waals surface area contributed by atoms with E-state index in [0.29, 0.717) is 23.0 Å². The first kappa shape index (κ1) is 16.0. The molecule has 1 atom stereocenters. The molecule has 1 aromatic heterocycles. The molecule has 3 rings (SSSR count). The van der Waals surface area contributed by atoms with E-state index in [2.05, 4.69) is 34.0 Å². The van der Waals surface area contributed by atoms with Gasteiger partial charge < -0.3 is 10.5 Å². The molecule has 5 nitrogen and oxygen atoms in total. The average Bonchev–Trinajstić information content (AvgIpc) is 2.92. The monoisotopic (exact) mass is 374 g/mol. The summed E-state index contributed by atoms with van der Waals surface area (Å²) in [5.74, 6) is 0.916. The zero-order valence-electron chi connectivity index (χ0n) is 13.0. The third-order valence-electron chi connectivity index (χ3n) is 4.51. The van der Waals surface area contributed by atoms with Crippen molar-refractivity contribution in [2.45, 2.75) is 25.8 Å². The van der Waals surface area contributed by atoms with Gasteiger partial charge in [0.1, 0.15) is 23.1 Å². The highest BCUT2D eigenvalue weighted by Gasteiger charge is 2.26. The first-order valence-corrected chi connectivity index (χ1v) is 8.53. The van der Waals surface area contributed by atoms with Gasteiger partial charge >= 0.3 is 0 Å². The van der Waals surface area contributed by atoms with Crippen molar-refractivity contribution in [3.63, 3.8) is 0 Å². The van der Waals surface area contributed by atoms with Crippen molar-refractivity contribution in [2.75, 3.05) is 18.9 Å². The van der Waals surface area contributed by atoms with Crippen molar-refractivity contribution in [1.29, 1.82) is 5.26 Å². The van der Waals surface area contributed by atoms with Gasteiger partial charge in [0.15, 0.2) is 0 Å². The average molecular weight is 375 g/mol. The van der Waals surface area contributed by atoms with Gasteiger partial charge in [0, 0.05) is 23.2 Å². The zero-order valence-corrected chi connectivity index (χ0v) is 14.6. The largest absolute Gasteiger partial charge is 0.383 e. The number of hydrogen-bond donors (Lipinski definition) is 1. The molecule has 1 aromatic carbocycles. The van der Waals surface area contributed by atoms with Crippen LogP contribution in [-0.2, 0) is 4.74 Å². The Balaban J connectivity index is 1.99. The number of hydrogen-bond acceptors (Lipinski definition) is 4. The SMILES string of the molecule is CC(C1CCOCC1)n1nc(-c2ccc(Br)cc2)c(C#N)c1N. The maximum absolute atomic E-state index is 9.51. The highest BCUT2D eigenvalue weighted by molar-refractivity contribution is 9.10. The molecule has 6 heteroatoms. The maximum atomic E-state index is 9.51. The van der Waals surface area contributed by atoms with Crippen LogP contribution in [-0.4, -0.2) is 23.0 Å². The van der Waals surface area contributed by atoms with E-state index >= 15 is 0 Å². The summed E-state index contributed by atoms with van der Waals surface area (Å²) in [6.07, 6.45) is 1.99. The highest BCUT2D eigenvalue weighted by atomic mass is 79.9. The summed E-state index contributed by atoms with van der Waals surface area (Å²) in [7, 11) is 0. The summed E-state index contributed by atoms with van der Waals surface area (Å²) in [6.45, 7) is 3.67. The molecule has 0 bridgehead atoms. The van der Waals surface area contributed by atoms with Crippen LogP contribution >= 0.6 is 15.9 Å². The van der Waals surface area contributed by atoms with Crippen LogP contribution in [0.4, 0.5) is 5.82 Å². The smallest absolute Gasteiger partial charge is 0.140 e. The number of nitriles is 1. The van der Waals surface area contributed by atoms with Crippen LogP contribution < -0.4 is 5.73 Å². The van der Waals surface area contributed by atoms with Crippen molar-refractivity contribution in [3.05, 3.63) is 34.3 Å². The van der Waals surface area contributed by atoms with E-state index < -0.39 is 0 Å². The van der Waals surface area contributed by atoms with Crippen LogP contribution in [0.15, 0.2) is 28.7 Å². The van der Waals surface area contributed by atoms with Crippen LogP contribution in [0, 0.1) is 17.2 Å². The lowest BCUT2D eigenvalue weighted by atomic mass is 9.93. The molecule has 1 unspecified atom stereocenters. The zero-order chi connectivity index (χ0) is 16.4. The number of ether oxygens (including phenoxy) is 1. The third kappa shape index (κ3) is 3.12. The minimum atomic E-state index is 0.148. The predicted molar refractivity (Wildman–Crippen MR) is 92.7 cm³/mol. The van der Waals surface area contributed by atoms with Gasteiger partial charge in [0.25, 0.3) is 0 Å². The van der Waals surface area contributed by atoms with Crippen LogP contribution in [0.1, 0.15) is 31.4 Å². The summed E-state index contributed by atoms with van der Waals surface area (Å²) in [5, 5.41) is 14.2. The minimum absolute atomic E-state index is 0.148. The number of benzene rings is 1. The Kier molecular flexibility index (Phi) is 4.69. The van der Waals surface area contributed by atoms with Crippen molar-refractivity contribution in [2.24, 2.45) is 5.92 Å². The fraction of sp³-hybridized carbons (Fsp3) is 0.412. The van der Waals surface area contributed by atoms with E-state index in [0.717, 1.165) is 36.1 Å². The number of nitrogens with two attached hydrogens (primary N) is 1. The second-order valence-electron chi connectivity index (χ2n) is 5.86. The van der Waals surface area contributed by atoms with Crippen molar-refractivity contribution in [3.8, 4) is 17.3 Å².